The van der Waals surface area contributed by atoms with E-state index < -0.39 is 0 Å². The molecule has 1 aliphatic rings. The molecule has 0 aromatic heterocycles. The largest absolute Gasteiger partial charge is 0.311 e. The summed E-state index contributed by atoms with van der Waals surface area (Å²) in [6, 6.07) is 10.1. The van der Waals surface area contributed by atoms with E-state index in [0.29, 0.717) is 18.0 Å². The molecule has 0 saturated carbocycles. The predicted octanol–water partition coefficient (Wildman–Crippen LogP) is 3.07. The minimum atomic E-state index is 0.601. The molecule has 2 rings (SSSR count). The van der Waals surface area contributed by atoms with Crippen molar-refractivity contribution in [2.24, 2.45) is 5.92 Å². The fourth-order valence-corrected chi connectivity index (χ4v) is 3.12. The van der Waals surface area contributed by atoms with E-state index in [-0.39, 0.29) is 0 Å². The highest BCUT2D eigenvalue weighted by Gasteiger charge is 2.28. The molecule has 0 amide bonds. The van der Waals surface area contributed by atoms with E-state index in [1.807, 2.05) is 0 Å². The topological polar surface area (TPSA) is 15.3 Å². The highest BCUT2D eigenvalue weighted by molar-refractivity contribution is 5.27. The van der Waals surface area contributed by atoms with E-state index in [1.165, 1.54) is 11.1 Å². The second-order valence-electron chi connectivity index (χ2n) is 6.17. The number of hydrogen-bond donors (Lipinski definition) is 1. The Morgan fingerprint density at radius 1 is 1.26 bits per heavy atom. The fourth-order valence-electron chi connectivity index (χ4n) is 3.12. The van der Waals surface area contributed by atoms with Crippen LogP contribution in [0.1, 0.15) is 38.8 Å². The Hall–Kier alpha value is -0.860. The molecule has 1 N–H and O–H groups in total. The van der Waals surface area contributed by atoms with E-state index in [9.17, 15) is 0 Å². The first-order chi connectivity index (χ1) is 9.11. The van der Waals surface area contributed by atoms with Crippen LogP contribution in [0.4, 0.5) is 0 Å². The third-order valence-corrected chi connectivity index (χ3v) is 4.30. The highest BCUT2D eigenvalue weighted by atomic mass is 15.2. The van der Waals surface area contributed by atoms with E-state index in [2.05, 4.69) is 62.2 Å². The van der Waals surface area contributed by atoms with Gasteiger partial charge in [0, 0.05) is 31.7 Å². The highest BCUT2D eigenvalue weighted by Crippen LogP contribution is 2.20. The zero-order chi connectivity index (χ0) is 13.8. The molecule has 1 aromatic carbocycles. The van der Waals surface area contributed by atoms with Gasteiger partial charge in [-0.1, -0.05) is 45.0 Å². The number of nitrogens with zero attached hydrogens (tertiary/aromatic N) is 1. The molecule has 2 nitrogen and oxygen atoms in total. The molecule has 2 unspecified atom stereocenters. The first-order valence-electron chi connectivity index (χ1n) is 7.66. The van der Waals surface area contributed by atoms with E-state index in [0.717, 1.165) is 26.1 Å². The van der Waals surface area contributed by atoms with Gasteiger partial charge in [0.05, 0.1) is 0 Å². The van der Waals surface area contributed by atoms with Gasteiger partial charge in [-0.25, -0.2) is 0 Å². The van der Waals surface area contributed by atoms with Gasteiger partial charge in [0.1, 0.15) is 0 Å². The molecule has 2 atom stereocenters. The average molecular weight is 260 g/mol. The first kappa shape index (κ1) is 14.5. The zero-order valence-corrected chi connectivity index (χ0v) is 12.8. The maximum absolute atomic E-state index is 3.62. The minimum absolute atomic E-state index is 0.601. The molecule has 1 saturated heterocycles. The lowest BCUT2D eigenvalue weighted by atomic mass is 9.96. The Morgan fingerprint density at radius 2 is 1.95 bits per heavy atom. The Balaban J connectivity index is 2.14. The summed E-state index contributed by atoms with van der Waals surface area (Å²) in [6.07, 6.45) is 1.13. The number of piperazine rings is 1. The molecule has 106 valence electrons. The zero-order valence-electron chi connectivity index (χ0n) is 12.8. The van der Waals surface area contributed by atoms with Crippen molar-refractivity contribution in [2.75, 3.05) is 13.1 Å². The molecule has 1 aromatic rings. The third-order valence-electron chi connectivity index (χ3n) is 4.30. The first-order valence-corrected chi connectivity index (χ1v) is 7.66. The summed E-state index contributed by atoms with van der Waals surface area (Å²) in [5.41, 5.74) is 3.00. The van der Waals surface area contributed by atoms with Crippen LogP contribution in [0.25, 0.3) is 0 Å². The van der Waals surface area contributed by atoms with Crippen LogP contribution in [0.15, 0.2) is 24.3 Å². The van der Waals surface area contributed by atoms with Gasteiger partial charge < -0.3 is 5.32 Å². The molecule has 1 fully saturated rings. The van der Waals surface area contributed by atoms with Crippen LogP contribution in [0.3, 0.4) is 0 Å². The second-order valence-corrected chi connectivity index (χ2v) is 6.17. The van der Waals surface area contributed by atoms with E-state index >= 15 is 0 Å². The summed E-state index contributed by atoms with van der Waals surface area (Å²) in [6.45, 7) is 12.6. The van der Waals surface area contributed by atoms with Gasteiger partial charge in [-0.3, -0.25) is 4.90 Å². The van der Waals surface area contributed by atoms with Gasteiger partial charge >= 0.3 is 0 Å². The molecule has 0 radical (unpaired) electrons. The number of benzene rings is 1. The monoisotopic (exact) mass is 260 g/mol. The summed E-state index contributed by atoms with van der Waals surface area (Å²) in [7, 11) is 0. The van der Waals surface area contributed by atoms with Crippen molar-refractivity contribution in [1.82, 2.24) is 10.2 Å². The van der Waals surface area contributed by atoms with Crippen molar-refractivity contribution < 1.29 is 0 Å². The lowest BCUT2D eigenvalue weighted by molar-refractivity contribution is 0.0953. The lowest BCUT2D eigenvalue weighted by Crippen LogP contribution is -2.56. The summed E-state index contributed by atoms with van der Waals surface area (Å²) in [5, 5.41) is 3.62. The molecule has 0 spiro atoms. The Labute approximate surface area is 118 Å². The Bertz CT molecular complexity index is 400. The van der Waals surface area contributed by atoms with Crippen molar-refractivity contribution in [1.29, 1.82) is 0 Å². The molecule has 1 heterocycles. The van der Waals surface area contributed by atoms with Crippen LogP contribution >= 0.6 is 0 Å². The van der Waals surface area contributed by atoms with Crippen LogP contribution in [-0.4, -0.2) is 30.1 Å². The van der Waals surface area contributed by atoms with Crippen LogP contribution in [0.5, 0.6) is 0 Å². The summed E-state index contributed by atoms with van der Waals surface area (Å²) < 4.78 is 0. The standard InChI is InChI=1S/C17H28N2/c1-5-15-8-6-7-9-16(15)12-19-11-14(4)18-10-17(19)13(2)3/h6-9,13-14,17-18H,5,10-12H2,1-4H3. The Morgan fingerprint density at radius 3 is 2.58 bits per heavy atom. The fraction of sp³-hybridized carbons (Fsp3) is 0.647. The number of hydrogen-bond acceptors (Lipinski definition) is 2. The minimum Gasteiger partial charge on any atom is -0.311 e. The molecular weight excluding hydrogens is 232 g/mol. The van der Waals surface area contributed by atoms with Gasteiger partial charge in [-0.2, -0.15) is 0 Å². The summed E-state index contributed by atoms with van der Waals surface area (Å²) >= 11 is 0. The summed E-state index contributed by atoms with van der Waals surface area (Å²) in [4.78, 5) is 2.67. The average Bonchev–Trinajstić information content (AvgIpc) is 2.39. The summed E-state index contributed by atoms with van der Waals surface area (Å²) in [5.74, 6) is 0.703. The smallest absolute Gasteiger partial charge is 0.0247 e. The lowest BCUT2D eigenvalue weighted by Gasteiger charge is -2.41. The van der Waals surface area contributed by atoms with Crippen LogP contribution in [-0.2, 0) is 13.0 Å². The number of nitrogens with one attached hydrogen (secondary N) is 1. The molecular formula is C17H28N2. The van der Waals surface area contributed by atoms with Gasteiger partial charge in [0.2, 0.25) is 0 Å². The maximum Gasteiger partial charge on any atom is 0.0247 e. The van der Waals surface area contributed by atoms with Gasteiger partial charge in [-0.05, 0) is 30.4 Å². The SMILES string of the molecule is CCc1ccccc1CN1CC(C)NCC1C(C)C. The van der Waals surface area contributed by atoms with Crippen molar-refractivity contribution in [2.45, 2.75) is 52.7 Å². The van der Waals surface area contributed by atoms with Gasteiger partial charge in [0.15, 0.2) is 0 Å². The third kappa shape index (κ3) is 3.58. The normalized spacial score (nSPS) is 24.9. The molecule has 0 aliphatic carbocycles. The van der Waals surface area contributed by atoms with Crippen molar-refractivity contribution in [3.8, 4) is 0 Å². The van der Waals surface area contributed by atoms with Gasteiger partial charge in [0.25, 0.3) is 0 Å². The van der Waals surface area contributed by atoms with Crippen molar-refractivity contribution in [3.63, 3.8) is 0 Å². The van der Waals surface area contributed by atoms with Crippen molar-refractivity contribution in [3.05, 3.63) is 35.4 Å². The maximum atomic E-state index is 3.62. The number of rotatable bonds is 4. The van der Waals surface area contributed by atoms with Crippen molar-refractivity contribution >= 4 is 0 Å². The van der Waals surface area contributed by atoms with Gasteiger partial charge in [-0.15, -0.1) is 0 Å². The molecule has 0 bridgehead atoms. The predicted molar refractivity (Wildman–Crippen MR) is 82.3 cm³/mol. The molecule has 19 heavy (non-hydrogen) atoms. The van der Waals surface area contributed by atoms with E-state index in [4.69, 9.17) is 0 Å². The van der Waals surface area contributed by atoms with Crippen LogP contribution in [0, 0.1) is 5.92 Å². The Kier molecular flexibility index (Phi) is 5.00. The molecule has 2 heteroatoms. The molecule has 1 aliphatic heterocycles. The van der Waals surface area contributed by atoms with Crippen LogP contribution < -0.4 is 5.32 Å². The van der Waals surface area contributed by atoms with Crippen LogP contribution in [0.2, 0.25) is 0 Å². The number of aryl methyl sites for hydroxylation is 1. The second kappa shape index (κ2) is 6.53. The quantitative estimate of drug-likeness (QED) is 0.895. The van der Waals surface area contributed by atoms with E-state index in [1.54, 1.807) is 0 Å².